The molecule has 2 aromatic carbocycles. The van der Waals surface area contributed by atoms with E-state index in [0.717, 1.165) is 25.0 Å². The van der Waals surface area contributed by atoms with Gasteiger partial charge in [0.05, 0.1) is 21.9 Å². The van der Waals surface area contributed by atoms with Gasteiger partial charge in [0.25, 0.3) is 20.2 Å². The molecule has 0 radical (unpaired) electrons. The quantitative estimate of drug-likeness (QED) is 0.203. The van der Waals surface area contributed by atoms with Gasteiger partial charge >= 0.3 is 59.1 Å². The predicted octanol–water partition coefficient (Wildman–Crippen LogP) is -2.22. The van der Waals surface area contributed by atoms with Crippen LogP contribution >= 0.6 is 0 Å². The Kier molecular flexibility index (Phi) is 13.6. The molecule has 0 heterocycles. The summed E-state index contributed by atoms with van der Waals surface area (Å²) in [5, 5.41) is 25.6. The maximum Gasteiger partial charge on any atom is 1.00 e. The normalized spacial score (nSPS) is 18.6. The van der Waals surface area contributed by atoms with E-state index >= 15 is 0 Å². The van der Waals surface area contributed by atoms with E-state index in [1.54, 1.807) is 41.5 Å². The number of hydrogen-bond donors (Lipinski definition) is 2. The fourth-order valence-electron chi connectivity index (χ4n) is 4.74. The van der Waals surface area contributed by atoms with Gasteiger partial charge in [-0.15, -0.1) is 0 Å². The van der Waals surface area contributed by atoms with Crippen molar-refractivity contribution in [1.82, 2.24) is 0 Å². The van der Waals surface area contributed by atoms with E-state index in [1.165, 1.54) is 24.6 Å². The van der Waals surface area contributed by atoms with E-state index in [2.05, 4.69) is 9.98 Å². The van der Waals surface area contributed by atoms with Crippen LogP contribution in [0.3, 0.4) is 0 Å². The van der Waals surface area contributed by atoms with Crippen LogP contribution in [-0.2, 0) is 31.1 Å². The molecular weight excluding hydrogens is 602 g/mol. The summed E-state index contributed by atoms with van der Waals surface area (Å²) in [5.41, 5.74) is -0.995. The largest absolute Gasteiger partial charge is 1.00 e. The smallest absolute Gasteiger partial charge is 0.872 e. The van der Waals surface area contributed by atoms with Gasteiger partial charge in [-0.05, 0) is 58.1 Å². The summed E-state index contributed by atoms with van der Waals surface area (Å²) in [7, 11) is -9.19. The monoisotopic (exact) mass is 638 g/mol. The molecule has 220 valence electrons. The van der Waals surface area contributed by atoms with Crippen molar-refractivity contribution in [1.29, 1.82) is 0 Å². The van der Waals surface area contributed by atoms with Crippen LogP contribution in [0, 0.1) is 0 Å². The molecule has 42 heavy (non-hydrogen) atoms. The maximum atomic E-state index is 12.8. The SMILES string of the molecule is CC(C)(C)c1cc([O-])c(C=N[C@@H]2CCCC[C@H]2N=Cc2cc(S(=O)(=O)O)c(C(C)(C)C)cc2[O-])cc1S(=O)(=O)O.[Na+].[Na+]. The van der Waals surface area contributed by atoms with Gasteiger partial charge in [0.15, 0.2) is 0 Å². The van der Waals surface area contributed by atoms with Crippen molar-refractivity contribution in [3.63, 3.8) is 0 Å². The molecule has 2 N–H and O–H groups in total. The summed E-state index contributed by atoms with van der Waals surface area (Å²) in [6.07, 6.45) is 5.52. The van der Waals surface area contributed by atoms with Gasteiger partial charge in [-0.25, -0.2) is 0 Å². The molecule has 10 nitrogen and oxygen atoms in total. The molecule has 0 aliphatic heterocycles. The molecule has 14 heteroatoms. The van der Waals surface area contributed by atoms with Crippen molar-refractivity contribution in [3.05, 3.63) is 46.5 Å². The van der Waals surface area contributed by atoms with Gasteiger partial charge in [-0.3, -0.25) is 19.1 Å². The summed E-state index contributed by atoms with van der Waals surface area (Å²) in [6, 6.07) is 3.88. The Morgan fingerprint density at radius 2 is 1.00 bits per heavy atom. The number of benzene rings is 2. The summed E-state index contributed by atoms with van der Waals surface area (Å²) in [6.45, 7) is 10.4. The van der Waals surface area contributed by atoms with E-state index in [9.17, 15) is 36.2 Å². The average Bonchev–Trinajstić information content (AvgIpc) is 2.80. The van der Waals surface area contributed by atoms with Gasteiger partial charge in [0, 0.05) is 12.4 Å². The first-order chi connectivity index (χ1) is 18.2. The first-order valence-corrected chi connectivity index (χ1v) is 15.8. The zero-order valence-electron chi connectivity index (χ0n) is 25.5. The fraction of sp³-hybridized carbons (Fsp3) is 0.500. The third-order valence-corrected chi connectivity index (χ3v) is 8.69. The van der Waals surface area contributed by atoms with Crippen LogP contribution in [0.25, 0.3) is 0 Å². The van der Waals surface area contributed by atoms with Crippen molar-refractivity contribution in [2.75, 3.05) is 0 Å². The first kappa shape index (κ1) is 39.2. The molecule has 1 saturated carbocycles. The van der Waals surface area contributed by atoms with Crippen molar-refractivity contribution < 1.29 is 95.3 Å². The predicted molar refractivity (Wildman–Crippen MR) is 150 cm³/mol. The third-order valence-electron chi connectivity index (χ3n) is 6.90. The average molecular weight is 639 g/mol. The Bertz CT molecular complexity index is 1440. The molecule has 0 saturated heterocycles. The minimum atomic E-state index is -4.59. The van der Waals surface area contributed by atoms with Gasteiger partial charge in [0.1, 0.15) is 0 Å². The number of nitrogens with zero attached hydrogens (tertiary/aromatic N) is 2. The summed E-state index contributed by atoms with van der Waals surface area (Å²) in [5.74, 6) is -0.880. The zero-order valence-corrected chi connectivity index (χ0v) is 31.1. The molecule has 1 aliphatic rings. The van der Waals surface area contributed by atoms with E-state index in [1.807, 2.05) is 0 Å². The minimum absolute atomic E-state index is 0. The third kappa shape index (κ3) is 9.85. The number of hydrogen-bond acceptors (Lipinski definition) is 8. The molecule has 0 unspecified atom stereocenters. The second-order valence-electron chi connectivity index (χ2n) is 12.2. The Hall–Kier alpha value is -0.800. The van der Waals surface area contributed by atoms with Crippen molar-refractivity contribution in [3.8, 4) is 11.5 Å². The second-order valence-corrected chi connectivity index (χ2v) is 15.0. The maximum absolute atomic E-state index is 12.8. The number of rotatable bonds is 6. The van der Waals surface area contributed by atoms with E-state index in [-0.39, 0.29) is 103 Å². The van der Waals surface area contributed by atoms with Gasteiger partial charge in [-0.2, -0.15) is 16.8 Å². The molecule has 0 aromatic heterocycles. The van der Waals surface area contributed by atoms with Gasteiger partial charge in [-0.1, -0.05) is 78.0 Å². The van der Waals surface area contributed by atoms with Crippen molar-refractivity contribution in [2.45, 2.75) is 99.9 Å². The van der Waals surface area contributed by atoms with Gasteiger partial charge in [0.2, 0.25) is 0 Å². The van der Waals surface area contributed by atoms with E-state index < -0.39 is 42.6 Å². The van der Waals surface area contributed by atoms with E-state index in [4.69, 9.17) is 0 Å². The molecule has 2 atom stereocenters. The topological polar surface area (TPSA) is 180 Å². The molecule has 0 amide bonds. The molecule has 2 aromatic rings. The van der Waals surface area contributed by atoms with Crippen LogP contribution < -0.4 is 69.3 Å². The van der Waals surface area contributed by atoms with Crippen molar-refractivity contribution in [2.24, 2.45) is 9.98 Å². The van der Waals surface area contributed by atoms with Crippen molar-refractivity contribution >= 4 is 32.7 Å². The van der Waals surface area contributed by atoms with Crippen LogP contribution in [0.5, 0.6) is 11.5 Å². The zero-order chi connectivity index (χ0) is 30.3. The summed E-state index contributed by atoms with van der Waals surface area (Å²) >= 11 is 0. The molecule has 1 aliphatic carbocycles. The molecule has 0 spiro atoms. The molecule has 0 bridgehead atoms. The Morgan fingerprint density at radius 1 is 0.690 bits per heavy atom. The van der Waals surface area contributed by atoms with Crippen LogP contribution in [0.2, 0.25) is 0 Å². The van der Waals surface area contributed by atoms with Crippen LogP contribution in [0.4, 0.5) is 0 Å². The Balaban J connectivity index is 0.00000441. The number of aliphatic imine (C=N–C) groups is 2. The molecule has 1 fully saturated rings. The van der Waals surface area contributed by atoms with Crippen LogP contribution in [0.15, 0.2) is 44.0 Å². The fourth-order valence-corrected chi connectivity index (χ4v) is 6.58. The summed E-state index contributed by atoms with van der Waals surface area (Å²) < 4.78 is 67.7. The second kappa shape index (κ2) is 14.5. The van der Waals surface area contributed by atoms with Crippen LogP contribution in [0.1, 0.15) is 89.5 Å². The van der Waals surface area contributed by atoms with Crippen LogP contribution in [-0.4, -0.2) is 50.5 Å². The minimum Gasteiger partial charge on any atom is -0.872 e. The molecule has 3 rings (SSSR count). The van der Waals surface area contributed by atoms with Gasteiger partial charge < -0.3 is 10.2 Å². The summed E-state index contributed by atoms with van der Waals surface area (Å²) in [4.78, 5) is 8.34. The Labute approximate surface area is 293 Å². The molecular formula is C28H36N2Na2O8S2. The Morgan fingerprint density at radius 3 is 1.26 bits per heavy atom. The van der Waals surface area contributed by atoms with E-state index in [0.29, 0.717) is 12.8 Å². The standard InChI is InChI=1S/C28H38N2O8S2.2Na/c1-27(2,3)19-13-23(31)17(11-25(19)39(33,34)35)15-29-21-9-7-8-10-22(21)30-16-18-12-26(40(36,37)38)20(14-24(18)32)28(4,5)6;;/h11-16,21-22,31-32H,7-10H2,1-6H3,(H,33,34,35)(H,36,37,38);;/q;2*+1/p-2/t21-,22-;;/m1../s1. The first-order valence-electron chi connectivity index (χ1n) is 12.9.